The van der Waals surface area contributed by atoms with Crippen LogP contribution in [0.25, 0.3) is 0 Å². The van der Waals surface area contributed by atoms with E-state index in [1.807, 2.05) is 0 Å². The predicted octanol–water partition coefficient (Wildman–Crippen LogP) is 5.28. The molecule has 1 nitrogen and oxygen atoms in total. The van der Waals surface area contributed by atoms with Gasteiger partial charge in [0.2, 0.25) is 0 Å². The lowest BCUT2D eigenvalue weighted by molar-refractivity contribution is 0.0160. The molecule has 0 N–H and O–H groups in total. The molecule has 1 heterocycles. The first-order chi connectivity index (χ1) is 10.3. The molecule has 1 fully saturated rings. The zero-order chi connectivity index (χ0) is 14.5. The Hall–Kier alpha value is -1.12. The molecule has 3 rings (SSSR count). The van der Waals surface area contributed by atoms with Gasteiger partial charge in [0, 0.05) is 6.61 Å². The van der Waals surface area contributed by atoms with Crippen molar-refractivity contribution >= 4 is 15.9 Å². The molecular formula is C19H21BrO. The minimum absolute atomic E-state index is 0.309. The number of hydrogen-bond donors (Lipinski definition) is 0. The van der Waals surface area contributed by atoms with Crippen molar-refractivity contribution in [3.05, 3.63) is 71.3 Å². The first-order valence-corrected chi connectivity index (χ1v) is 8.63. The molecular weight excluding hydrogens is 324 g/mol. The Bertz CT molecular complexity index is 544. The summed E-state index contributed by atoms with van der Waals surface area (Å²) in [5, 5.41) is 0. The maximum absolute atomic E-state index is 5.87. The highest BCUT2D eigenvalue weighted by Crippen LogP contribution is 2.33. The zero-order valence-corrected chi connectivity index (χ0v) is 13.8. The van der Waals surface area contributed by atoms with E-state index in [1.165, 1.54) is 29.5 Å². The van der Waals surface area contributed by atoms with Crippen LogP contribution in [0.1, 0.15) is 40.8 Å². The summed E-state index contributed by atoms with van der Waals surface area (Å²) in [5.74, 6) is 0. The number of hydrogen-bond acceptors (Lipinski definition) is 1. The summed E-state index contributed by atoms with van der Waals surface area (Å²) in [6, 6.07) is 19.5. The van der Waals surface area contributed by atoms with Gasteiger partial charge < -0.3 is 4.74 Å². The molecule has 0 aromatic heterocycles. The number of ether oxygens (including phenoxy) is 1. The molecule has 1 saturated heterocycles. The Kier molecular flexibility index (Phi) is 5.10. The lowest BCUT2D eigenvalue weighted by atomic mass is 9.98. The first-order valence-electron chi connectivity index (χ1n) is 7.71. The van der Waals surface area contributed by atoms with Crippen LogP contribution in [-0.4, -0.2) is 12.7 Å². The Balaban J connectivity index is 1.66. The van der Waals surface area contributed by atoms with Crippen LogP contribution < -0.4 is 0 Å². The lowest BCUT2D eigenvalue weighted by Crippen LogP contribution is -2.23. The van der Waals surface area contributed by atoms with Crippen molar-refractivity contribution in [2.45, 2.75) is 36.6 Å². The summed E-state index contributed by atoms with van der Waals surface area (Å²) in [6.07, 6.45) is 4.94. The second-order valence-corrected chi connectivity index (χ2v) is 6.70. The average Bonchev–Trinajstić information content (AvgIpc) is 2.57. The second-order valence-electron chi connectivity index (χ2n) is 5.71. The van der Waals surface area contributed by atoms with Gasteiger partial charge in [-0.3, -0.25) is 0 Å². The highest BCUT2D eigenvalue weighted by Gasteiger charge is 2.23. The van der Waals surface area contributed by atoms with Crippen LogP contribution >= 0.6 is 15.9 Å². The molecule has 1 aliphatic heterocycles. The van der Waals surface area contributed by atoms with Crippen molar-refractivity contribution < 1.29 is 4.74 Å². The van der Waals surface area contributed by atoms with Crippen LogP contribution in [0.4, 0.5) is 0 Å². The van der Waals surface area contributed by atoms with E-state index in [4.69, 9.17) is 4.74 Å². The topological polar surface area (TPSA) is 9.23 Å². The molecule has 21 heavy (non-hydrogen) atoms. The molecule has 2 aromatic rings. The third-order valence-corrected chi connectivity index (χ3v) is 5.21. The molecule has 0 radical (unpaired) electrons. The number of halogens is 1. The van der Waals surface area contributed by atoms with Crippen LogP contribution in [0.3, 0.4) is 0 Å². The van der Waals surface area contributed by atoms with Gasteiger partial charge in [-0.25, -0.2) is 0 Å². The third-order valence-electron chi connectivity index (χ3n) is 4.09. The van der Waals surface area contributed by atoms with Gasteiger partial charge in [0.15, 0.2) is 0 Å². The molecule has 2 atom stereocenters. The van der Waals surface area contributed by atoms with Gasteiger partial charge in [0.25, 0.3) is 0 Å². The van der Waals surface area contributed by atoms with E-state index in [2.05, 4.69) is 70.5 Å². The molecule has 110 valence electrons. The standard InChI is InChI=1S/C19H21BrO/c20-19(18-8-4-5-13-21-18)17-11-9-16(10-12-17)14-15-6-2-1-3-7-15/h1-3,6-7,9-12,18-19H,4-5,8,13-14H2. The normalized spacial score (nSPS) is 20.1. The molecule has 0 bridgehead atoms. The van der Waals surface area contributed by atoms with E-state index in [0.717, 1.165) is 19.4 Å². The van der Waals surface area contributed by atoms with Crippen molar-refractivity contribution in [1.29, 1.82) is 0 Å². The van der Waals surface area contributed by atoms with Gasteiger partial charge >= 0.3 is 0 Å². The van der Waals surface area contributed by atoms with Crippen molar-refractivity contribution in [1.82, 2.24) is 0 Å². The second kappa shape index (κ2) is 7.24. The fraction of sp³-hybridized carbons (Fsp3) is 0.368. The lowest BCUT2D eigenvalue weighted by Gasteiger charge is -2.27. The highest BCUT2D eigenvalue weighted by atomic mass is 79.9. The molecule has 2 heteroatoms. The van der Waals surface area contributed by atoms with E-state index >= 15 is 0 Å². The van der Waals surface area contributed by atoms with Gasteiger partial charge in [-0.15, -0.1) is 0 Å². The Morgan fingerprint density at radius 2 is 1.67 bits per heavy atom. The van der Waals surface area contributed by atoms with E-state index in [1.54, 1.807) is 0 Å². The zero-order valence-electron chi connectivity index (χ0n) is 12.2. The molecule has 1 aliphatic rings. The van der Waals surface area contributed by atoms with Crippen LogP contribution in [0.5, 0.6) is 0 Å². The van der Waals surface area contributed by atoms with Crippen molar-refractivity contribution in [2.24, 2.45) is 0 Å². The average molecular weight is 345 g/mol. The monoisotopic (exact) mass is 344 g/mol. The minimum atomic E-state index is 0.309. The fourth-order valence-corrected chi connectivity index (χ4v) is 3.58. The summed E-state index contributed by atoms with van der Waals surface area (Å²) in [7, 11) is 0. The summed E-state index contributed by atoms with van der Waals surface area (Å²) >= 11 is 3.81. The first kappa shape index (κ1) is 14.8. The predicted molar refractivity (Wildman–Crippen MR) is 90.9 cm³/mol. The number of alkyl halides is 1. The Morgan fingerprint density at radius 1 is 0.952 bits per heavy atom. The van der Waals surface area contributed by atoms with Crippen molar-refractivity contribution in [3.63, 3.8) is 0 Å². The maximum atomic E-state index is 5.87. The van der Waals surface area contributed by atoms with Gasteiger partial charge in [-0.1, -0.05) is 70.5 Å². The quantitative estimate of drug-likeness (QED) is 0.685. The number of rotatable bonds is 4. The van der Waals surface area contributed by atoms with Gasteiger partial charge in [0.05, 0.1) is 10.9 Å². The van der Waals surface area contributed by atoms with Crippen LogP contribution in [0.15, 0.2) is 54.6 Å². The summed E-state index contributed by atoms with van der Waals surface area (Å²) in [6.45, 7) is 0.902. The highest BCUT2D eigenvalue weighted by molar-refractivity contribution is 9.09. The minimum Gasteiger partial charge on any atom is -0.377 e. The largest absolute Gasteiger partial charge is 0.377 e. The Morgan fingerprint density at radius 3 is 2.33 bits per heavy atom. The van der Waals surface area contributed by atoms with E-state index in [9.17, 15) is 0 Å². The van der Waals surface area contributed by atoms with E-state index < -0.39 is 0 Å². The number of benzene rings is 2. The van der Waals surface area contributed by atoms with Crippen LogP contribution in [0, 0.1) is 0 Å². The SMILES string of the molecule is BrC(c1ccc(Cc2ccccc2)cc1)C1CCCCO1. The summed E-state index contributed by atoms with van der Waals surface area (Å²) < 4.78 is 5.87. The van der Waals surface area contributed by atoms with Crippen molar-refractivity contribution in [3.8, 4) is 0 Å². The van der Waals surface area contributed by atoms with Gasteiger partial charge in [0.1, 0.15) is 0 Å². The van der Waals surface area contributed by atoms with E-state index in [-0.39, 0.29) is 0 Å². The van der Waals surface area contributed by atoms with Gasteiger partial charge in [-0.2, -0.15) is 0 Å². The maximum Gasteiger partial charge on any atom is 0.0740 e. The smallest absolute Gasteiger partial charge is 0.0740 e. The molecule has 0 saturated carbocycles. The van der Waals surface area contributed by atoms with Gasteiger partial charge in [-0.05, 0) is 42.4 Å². The van der Waals surface area contributed by atoms with Crippen LogP contribution in [0.2, 0.25) is 0 Å². The molecule has 0 spiro atoms. The van der Waals surface area contributed by atoms with Crippen LogP contribution in [-0.2, 0) is 11.2 Å². The summed E-state index contributed by atoms with van der Waals surface area (Å²) in [4.78, 5) is 0.309. The molecule has 0 aliphatic carbocycles. The molecule has 2 aromatic carbocycles. The Labute approximate surface area is 135 Å². The molecule has 2 unspecified atom stereocenters. The molecule has 0 amide bonds. The summed E-state index contributed by atoms with van der Waals surface area (Å²) in [5.41, 5.74) is 4.03. The van der Waals surface area contributed by atoms with E-state index in [0.29, 0.717) is 10.9 Å². The fourth-order valence-electron chi connectivity index (χ4n) is 2.86. The third kappa shape index (κ3) is 3.96. The van der Waals surface area contributed by atoms with Crippen molar-refractivity contribution in [2.75, 3.05) is 6.61 Å².